The molecule has 0 aliphatic rings. The van der Waals surface area contributed by atoms with Crippen molar-refractivity contribution in [3.05, 3.63) is 35.9 Å². The van der Waals surface area contributed by atoms with E-state index >= 15 is 0 Å². The van der Waals surface area contributed by atoms with Gasteiger partial charge >= 0.3 is 5.97 Å². The van der Waals surface area contributed by atoms with Gasteiger partial charge in [-0.25, -0.2) is 4.79 Å². The number of carbonyl (C=O) groups excluding carboxylic acids is 2. The Bertz CT molecular complexity index is 593. The molecule has 0 saturated heterocycles. The van der Waals surface area contributed by atoms with Gasteiger partial charge in [-0.3, -0.25) is 9.59 Å². The molecule has 0 aromatic heterocycles. The molecule has 0 radical (unpaired) electrons. The van der Waals surface area contributed by atoms with E-state index < -0.39 is 24.0 Å². The topological polar surface area (TPSA) is 95.5 Å². The van der Waals surface area contributed by atoms with Gasteiger partial charge in [0.15, 0.2) is 0 Å². The molecule has 3 N–H and O–H groups in total. The molecule has 2 amide bonds. The monoisotopic (exact) mass is 348 g/mol. The number of rotatable bonds is 8. The van der Waals surface area contributed by atoms with Gasteiger partial charge in [-0.15, -0.1) is 0 Å². The molecule has 0 bridgehead atoms. The van der Waals surface area contributed by atoms with Crippen LogP contribution >= 0.6 is 0 Å². The molecule has 1 rings (SSSR count). The minimum absolute atomic E-state index is 0.0283. The Labute approximate surface area is 149 Å². The van der Waals surface area contributed by atoms with Crippen LogP contribution in [-0.2, 0) is 20.8 Å². The third-order valence-electron chi connectivity index (χ3n) is 3.77. The molecule has 6 heteroatoms. The van der Waals surface area contributed by atoms with Crippen LogP contribution in [-0.4, -0.2) is 35.0 Å². The Morgan fingerprint density at radius 3 is 2.12 bits per heavy atom. The largest absolute Gasteiger partial charge is 0.480 e. The fourth-order valence-corrected chi connectivity index (χ4v) is 2.41. The summed E-state index contributed by atoms with van der Waals surface area (Å²) in [6, 6.07) is 7.50. The molecule has 1 aromatic rings. The number of hydrogen-bond donors (Lipinski definition) is 3. The first-order valence-electron chi connectivity index (χ1n) is 8.42. The van der Waals surface area contributed by atoms with Crippen molar-refractivity contribution in [3.63, 3.8) is 0 Å². The number of carboxylic acid groups (broad SMARTS) is 1. The van der Waals surface area contributed by atoms with Gasteiger partial charge in [0.2, 0.25) is 11.8 Å². The van der Waals surface area contributed by atoms with E-state index in [0.29, 0.717) is 19.3 Å². The lowest BCUT2D eigenvalue weighted by molar-refractivity contribution is -0.142. The summed E-state index contributed by atoms with van der Waals surface area (Å²) in [7, 11) is 0. The lowest BCUT2D eigenvalue weighted by atomic mass is 9.88. The molecule has 2 atom stereocenters. The maximum Gasteiger partial charge on any atom is 0.326 e. The van der Waals surface area contributed by atoms with E-state index in [-0.39, 0.29) is 11.3 Å². The van der Waals surface area contributed by atoms with Gasteiger partial charge in [0.05, 0.1) is 0 Å². The molecule has 6 nitrogen and oxygen atoms in total. The van der Waals surface area contributed by atoms with Crippen molar-refractivity contribution in [1.82, 2.24) is 10.6 Å². The smallest absolute Gasteiger partial charge is 0.326 e. The van der Waals surface area contributed by atoms with E-state index in [1.807, 2.05) is 51.1 Å². The highest BCUT2D eigenvalue weighted by Crippen LogP contribution is 2.21. The number of amides is 2. The highest BCUT2D eigenvalue weighted by atomic mass is 16.4. The van der Waals surface area contributed by atoms with Gasteiger partial charge in [0, 0.05) is 13.3 Å². The molecule has 1 unspecified atom stereocenters. The number of nitrogens with one attached hydrogen (secondary N) is 2. The van der Waals surface area contributed by atoms with Crippen LogP contribution in [0.4, 0.5) is 0 Å². The molecule has 1 aromatic carbocycles. The van der Waals surface area contributed by atoms with E-state index in [1.165, 1.54) is 6.92 Å². The summed E-state index contributed by atoms with van der Waals surface area (Å²) in [5.41, 5.74) is 0.859. The van der Waals surface area contributed by atoms with Crippen molar-refractivity contribution in [2.75, 3.05) is 0 Å². The molecule has 0 spiro atoms. The number of hydrogen-bond acceptors (Lipinski definition) is 3. The van der Waals surface area contributed by atoms with Crippen molar-refractivity contribution < 1.29 is 19.5 Å². The van der Waals surface area contributed by atoms with Gasteiger partial charge in [-0.1, -0.05) is 51.1 Å². The van der Waals surface area contributed by atoms with Crippen molar-refractivity contribution >= 4 is 17.8 Å². The van der Waals surface area contributed by atoms with Gasteiger partial charge in [0.1, 0.15) is 12.1 Å². The second-order valence-electron chi connectivity index (χ2n) is 7.44. The first kappa shape index (κ1) is 20.7. The highest BCUT2D eigenvalue weighted by Gasteiger charge is 2.27. The number of benzene rings is 1. The zero-order chi connectivity index (χ0) is 19.0. The summed E-state index contributed by atoms with van der Waals surface area (Å²) in [5, 5.41) is 14.5. The molecule has 0 saturated carbocycles. The second-order valence-corrected chi connectivity index (χ2v) is 7.44. The Hall–Kier alpha value is -2.37. The third-order valence-corrected chi connectivity index (χ3v) is 3.77. The first-order valence-corrected chi connectivity index (χ1v) is 8.42. The predicted molar refractivity (Wildman–Crippen MR) is 96.0 cm³/mol. The normalized spacial score (nSPS) is 13.6. The minimum Gasteiger partial charge on any atom is -0.480 e. The van der Waals surface area contributed by atoms with Gasteiger partial charge in [-0.05, 0) is 23.8 Å². The number of carboxylic acids is 1. The van der Waals surface area contributed by atoms with E-state index in [4.69, 9.17) is 0 Å². The molecule has 0 fully saturated rings. The van der Waals surface area contributed by atoms with E-state index in [9.17, 15) is 19.5 Å². The average Bonchev–Trinajstić information content (AvgIpc) is 2.50. The molecule has 0 heterocycles. The SMILES string of the molecule is CC(=O)N[C@@H](Cc1ccccc1)C(=O)NC(CCC(C)(C)C)C(=O)O. The maximum absolute atomic E-state index is 12.5. The lowest BCUT2D eigenvalue weighted by Crippen LogP contribution is -2.52. The highest BCUT2D eigenvalue weighted by molar-refractivity contribution is 5.90. The zero-order valence-corrected chi connectivity index (χ0v) is 15.3. The van der Waals surface area contributed by atoms with Crippen molar-refractivity contribution in [2.24, 2.45) is 5.41 Å². The van der Waals surface area contributed by atoms with Crippen LogP contribution < -0.4 is 10.6 Å². The predicted octanol–water partition coefficient (Wildman–Crippen LogP) is 2.13. The Morgan fingerprint density at radius 2 is 1.64 bits per heavy atom. The van der Waals surface area contributed by atoms with Crippen LogP contribution in [0.5, 0.6) is 0 Å². The van der Waals surface area contributed by atoms with Crippen molar-refractivity contribution in [2.45, 2.75) is 59.0 Å². The summed E-state index contributed by atoms with van der Waals surface area (Å²) < 4.78 is 0. The van der Waals surface area contributed by atoms with Crippen LogP contribution in [0.1, 0.15) is 46.1 Å². The molecular formula is C19H28N2O4. The lowest BCUT2D eigenvalue weighted by Gasteiger charge is -2.24. The van der Waals surface area contributed by atoms with Crippen molar-refractivity contribution in [3.8, 4) is 0 Å². The molecule has 0 aliphatic carbocycles. The van der Waals surface area contributed by atoms with E-state index in [1.54, 1.807) is 0 Å². The summed E-state index contributed by atoms with van der Waals surface area (Å²) in [6.45, 7) is 7.38. The van der Waals surface area contributed by atoms with E-state index in [0.717, 1.165) is 5.56 Å². The number of aliphatic carboxylic acids is 1. The molecule has 25 heavy (non-hydrogen) atoms. The molecule has 138 valence electrons. The van der Waals surface area contributed by atoms with Crippen molar-refractivity contribution in [1.29, 1.82) is 0 Å². The van der Waals surface area contributed by atoms with Gasteiger partial charge < -0.3 is 15.7 Å². The maximum atomic E-state index is 12.5. The van der Waals surface area contributed by atoms with Crippen LogP contribution in [0, 0.1) is 5.41 Å². The zero-order valence-electron chi connectivity index (χ0n) is 15.3. The Balaban J connectivity index is 2.80. The fraction of sp³-hybridized carbons (Fsp3) is 0.526. The second kappa shape index (κ2) is 9.20. The average molecular weight is 348 g/mol. The van der Waals surface area contributed by atoms with Crippen LogP contribution in [0.3, 0.4) is 0 Å². The van der Waals surface area contributed by atoms with Crippen LogP contribution in [0.15, 0.2) is 30.3 Å². The summed E-state index contributed by atoms with van der Waals surface area (Å²) in [5.74, 6) is -1.89. The van der Waals surface area contributed by atoms with E-state index in [2.05, 4.69) is 10.6 Å². The summed E-state index contributed by atoms with van der Waals surface area (Å²) >= 11 is 0. The first-order chi connectivity index (χ1) is 11.6. The summed E-state index contributed by atoms with van der Waals surface area (Å²) in [6.07, 6.45) is 1.30. The fourth-order valence-electron chi connectivity index (χ4n) is 2.41. The molecule has 0 aliphatic heterocycles. The summed E-state index contributed by atoms with van der Waals surface area (Å²) in [4.78, 5) is 35.4. The molecular weight excluding hydrogens is 320 g/mol. The standard InChI is InChI=1S/C19H28N2O4/c1-13(22)20-16(12-14-8-6-5-7-9-14)17(23)21-15(18(24)25)10-11-19(2,3)4/h5-9,15-16H,10-12H2,1-4H3,(H,20,22)(H,21,23)(H,24,25)/t15?,16-/m0/s1. The van der Waals surface area contributed by atoms with Crippen LogP contribution in [0.2, 0.25) is 0 Å². The van der Waals surface area contributed by atoms with Gasteiger partial charge in [-0.2, -0.15) is 0 Å². The Kier molecular flexibility index (Phi) is 7.61. The minimum atomic E-state index is -1.07. The third kappa shape index (κ3) is 8.33. The number of carbonyl (C=O) groups is 3. The quantitative estimate of drug-likeness (QED) is 0.670. The van der Waals surface area contributed by atoms with Crippen LogP contribution in [0.25, 0.3) is 0 Å². The van der Waals surface area contributed by atoms with Gasteiger partial charge in [0.25, 0.3) is 0 Å². The Morgan fingerprint density at radius 1 is 1.04 bits per heavy atom.